The first-order chi connectivity index (χ1) is 20.7. The van der Waals surface area contributed by atoms with Gasteiger partial charge < -0.3 is 24.7 Å². The van der Waals surface area contributed by atoms with E-state index in [0.29, 0.717) is 11.8 Å². The molecule has 2 aliphatic rings. The third-order valence-electron chi connectivity index (χ3n) is 8.84. The van der Waals surface area contributed by atoms with Gasteiger partial charge >= 0.3 is 0 Å². The van der Waals surface area contributed by atoms with E-state index in [1.54, 1.807) is 0 Å². The van der Waals surface area contributed by atoms with Crippen molar-refractivity contribution in [3.05, 3.63) is 81.7 Å². The lowest BCUT2D eigenvalue weighted by Crippen LogP contribution is -2.31. The lowest BCUT2D eigenvalue weighted by Gasteiger charge is -2.25. The van der Waals surface area contributed by atoms with E-state index in [-0.39, 0.29) is 5.78 Å². The van der Waals surface area contributed by atoms with Gasteiger partial charge in [0.25, 0.3) is 0 Å². The maximum absolute atomic E-state index is 13.4. The third kappa shape index (κ3) is 6.91. The largest absolute Gasteiger partial charge is 0.489 e. The zero-order valence-corrected chi connectivity index (χ0v) is 25.5. The summed E-state index contributed by atoms with van der Waals surface area (Å²) in [6.07, 6.45) is 8.59. The Morgan fingerprint density at radius 1 is 0.905 bits per heavy atom. The van der Waals surface area contributed by atoms with Crippen molar-refractivity contribution < 1.29 is 14.3 Å². The summed E-state index contributed by atoms with van der Waals surface area (Å²) in [4.78, 5) is 14.2. The second-order valence-electron chi connectivity index (χ2n) is 11.9. The van der Waals surface area contributed by atoms with Crippen molar-refractivity contribution in [3.8, 4) is 11.5 Å². The number of hydrogen-bond acceptors (Lipinski definition) is 6. The monoisotopic (exact) mass is 585 g/mol. The molecule has 0 atom stereocenters. The number of aryl methyl sites for hydroxylation is 3. The Kier molecular flexibility index (Phi) is 9.58. The number of ether oxygens (including phenoxy) is 2. The van der Waals surface area contributed by atoms with E-state index in [2.05, 4.69) is 57.8 Å². The summed E-state index contributed by atoms with van der Waals surface area (Å²) in [7, 11) is 0. The molecule has 7 heteroatoms. The van der Waals surface area contributed by atoms with Crippen molar-refractivity contribution in [2.75, 3.05) is 39.4 Å². The number of hydrogen-bond donors (Lipinski definition) is 2. The van der Waals surface area contributed by atoms with Gasteiger partial charge in [0, 0.05) is 29.2 Å². The Morgan fingerprint density at radius 3 is 2.29 bits per heavy atom. The van der Waals surface area contributed by atoms with Crippen LogP contribution in [0.5, 0.6) is 11.5 Å². The maximum Gasteiger partial charge on any atom is 0.205 e. The lowest BCUT2D eigenvalue weighted by molar-refractivity contribution is 0.104. The van der Waals surface area contributed by atoms with Crippen molar-refractivity contribution in [1.29, 1.82) is 0 Å². The zero-order chi connectivity index (χ0) is 28.7. The molecular formula is C35H43N3O3S. The average molecular weight is 586 g/mol. The number of piperidine rings is 2. The van der Waals surface area contributed by atoms with Crippen molar-refractivity contribution in [3.63, 3.8) is 0 Å². The highest BCUT2D eigenvalue weighted by Gasteiger charge is 2.20. The van der Waals surface area contributed by atoms with E-state index in [9.17, 15) is 4.79 Å². The standard InChI is InChI=1S/C35H43N3O3S/c1-25-14-20-42-35(25)34(39)30-22-38(31-7-3-2-6-29(30)31)19-4-5-26-8-9-32(40-23-27-10-15-36-16-11-27)33(21-26)41-24-28-12-17-37-18-13-28/h2-3,6-9,14,20-22,27-28,36-37H,4-5,10-13,15-19,23-24H2,1H3. The molecule has 0 radical (unpaired) electrons. The van der Waals surface area contributed by atoms with E-state index in [1.807, 2.05) is 24.4 Å². The molecule has 0 saturated carbocycles. The van der Waals surface area contributed by atoms with Gasteiger partial charge in [0.1, 0.15) is 0 Å². The van der Waals surface area contributed by atoms with Gasteiger partial charge in [-0.05, 0) is 124 Å². The topological polar surface area (TPSA) is 64.5 Å². The van der Waals surface area contributed by atoms with Crippen LogP contribution in [-0.4, -0.2) is 49.7 Å². The summed E-state index contributed by atoms with van der Waals surface area (Å²) in [6.45, 7) is 8.64. The number of aromatic nitrogens is 1. The summed E-state index contributed by atoms with van der Waals surface area (Å²) >= 11 is 1.53. The van der Waals surface area contributed by atoms with Gasteiger partial charge in [0.15, 0.2) is 11.5 Å². The minimum Gasteiger partial charge on any atom is -0.489 e. The van der Waals surface area contributed by atoms with Crippen molar-refractivity contribution in [2.24, 2.45) is 11.8 Å². The van der Waals surface area contributed by atoms with Crippen LogP contribution in [0.4, 0.5) is 0 Å². The molecular weight excluding hydrogens is 542 g/mol. The van der Waals surface area contributed by atoms with Gasteiger partial charge in [-0.2, -0.15) is 0 Å². The van der Waals surface area contributed by atoms with Gasteiger partial charge in [0.2, 0.25) is 5.78 Å². The summed E-state index contributed by atoms with van der Waals surface area (Å²) in [6, 6.07) is 16.8. The molecule has 0 spiro atoms. The summed E-state index contributed by atoms with van der Waals surface area (Å²) in [5.74, 6) is 3.05. The summed E-state index contributed by atoms with van der Waals surface area (Å²) < 4.78 is 15.1. The quantitative estimate of drug-likeness (QED) is 0.183. The number of ketones is 1. The Balaban J connectivity index is 1.14. The first-order valence-electron chi connectivity index (χ1n) is 15.6. The van der Waals surface area contributed by atoms with Gasteiger partial charge in [0.05, 0.1) is 18.1 Å². The van der Waals surface area contributed by atoms with Crippen LogP contribution in [0.15, 0.2) is 60.1 Å². The SMILES string of the molecule is Cc1ccsc1C(=O)c1cn(CCCc2ccc(OCC3CCNCC3)c(OCC3CCNCC3)c2)c2ccccc12. The Morgan fingerprint density at radius 2 is 1.60 bits per heavy atom. The molecule has 2 saturated heterocycles. The van der Waals surface area contributed by atoms with Crippen molar-refractivity contribution in [2.45, 2.75) is 52.0 Å². The van der Waals surface area contributed by atoms with Crippen LogP contribution in [0.25, 0.3) is 10.9 Å². The number of benzene rings is 2. The number of fused-ring (bicyclic) bond motifs is 1. The lowest BCUT2D eigenvalue weighted by atomic mass is 9.99. The fourth-order valence-electron chi connectivity index (χ4n) is 6.25. The number of nitrogens with zero attached hydrogens (tertiary/aromatic N) is 1. The van der Waals surface area contributed by atoms with Crippen LogP contribution >= 0.6 is 11.3 Å². The second-order valence-corrected chi connectivity index (χ2v) is 12.8. The van der Waals surface area contributed by atoms with E-state index in [1.165, 1.54) is 16.9 Å². The fourth-order valence-corrected chi connectivity index (χ4v) is 7.13. The molecule has 6 rings (SSSR count). The Hall–Kier alpha value is -3.13. The van der Waals surface area contributed by atoms with E-state index >= 15 is 0 Å². The van der Waals surface area contributed by atoms with Crippen molar-refractivity contribution in [1.82, 2.24) is 15.2 Å². The molecule has 2 aromatic heterocycles. The Labute approximate surface area is 253 Å². The number of rotatable bonds is 12. The van der Waals surface area contributed by atoms with Gasteiger partial charge in [-0.3, -0.25) is 4.79 Å². The molecule has 0 unspecified atom stereocenters. The van der Waals surface area contributed by atoms with Crippen LogP contribution in [0.1, 0.15) is 58.5 Å². The smallest absolute Gasteiger partial charge is 0.205 e. The summed E-state index contributed by atoms with van der Waals surface area (Å²) in [5, 5.41) is 9.91. The highest BCUT2D eigenvalue weighted by atomic mass is 32.1. The summed E-state index contributed by atoms with van der Waals surface area (Å²) in [5.41, 5.74) is 4.21. The molecule has 0 aliphatic carbocycles. The zero-order valence-electron chi connectivity index (χ0n) is 24.7. The van der Waals surface area contributed by atoms with E-state index in [4.69, 9.17) is 9.47 Å². The van der Waals surface area contributed by atoms with Crippen LogP contribution in [-0.2, 0) is 13.0 Å². The molecule has 2 aromatic carbocycles. The molecule has 2 aliphatic heterocycles. The average Bonchev–Trinajstić information content (AvgIpc) is 3.64. The third-order valence-corrected chi connectivity index (χ3v) is 9.86. The molecule has 0 bridgehead atoms. The fraction of sp³-hybridized carbons (Fsp3) is 0.457. The molecule has 6 nitrogen and oxygen atoms in total. The van der Waals surface area contributed by atoms with Gasteiger partial charge in [-0.1, -0.05) is 24.3 Å². The molecule has 4 heterocycles. The first kappa shape index (κ1) is 29.0. The molecule has 42 heavy (non-hydrogen) atoms. The second kappa shape index (κ2) is 13.9. The minimum absolute atomic E-state index is 0.119. The normalized spacial score (nSPS) is 16.6. The van der Waals surface area contributed by atoms with Gasteiger partial charge in [-0.15, -0.1) is 11.3 Å². The number of para-hydroxylation sites is 1. The number of thiophene rings is 1. The van der Waals surface area contributed by atoms with E-state index in [0.717, 1.165) is 123 Å². The molecule has 2 N–H and O–H groups in total. The van der Waals surface area contributed by atoms with E-state index < -0.39 is 0 Å². The van der Waals surface area contributed by atoms with Gasteiger partial charge in [-0.25, -0.2) is 0 Å². The first-order valence-corrected chi connectivity index (χ1v) is 16.5. The van der Waals surface area contributed by atoms with Crippen LogP contribution < -0.4 is 20.1 Å². The highest BCUT2D eigenvalue weighted by Crippen LogP contribution is 2.32. The van der Waals surface area contributed by atoms with Crippen LogP contribution in [0.3, 0.4) is 0 Å². The molecule has 222 valence electrons. The van der Waals surface area contributed by atoms with Crippen LogP contribution in [0.2, 0.25) is 0 Å². The molecule has 4 aromatic rings. The number of nitrogens with one attached hydrogen (secondary N) is 2. The van der Waals surface area contributed by atoms with Crippen LogP contribution in [0, 0.1) is 18.8 Å². The number of carbonyl (C=O) groups excluding carboxylic acids is 1. The predicted molar refractivity (Wildman–Crippen MR) is 171 cm³/mol. The molecule has 2 fully saturated rings. The maximum atomic E-state index is 13.4. The van der Waals surface area contributed by atoms with Crippen molar-refractivity contribution >= 4 is 28.0 Å². The highest BCUT2D eigenvalue weighted by molar-refractivity contribution is 7.12. The number of carbonyl (C=O) groups is 1. The minimum atomic E-state index is 0.119. The Bertz CT molecular complexity index is 1480. The molecule has 0 amide bonds. The predicted octanol–water partition coefficient (Wildman–Crippen LogP) is 6.63.